The third-order valence-electron chi connectivity index (χ3n) is 6.63. The number of rotatable bonds is 9. The van der Waals surface area contributed by atoms with Gasteiger partial charge in [-0.25, -0.2) is 16.8 Å². The van der Waals surface area contributed by atoms with Gasteiger partial charge in [-0.3, -0.25) is 4.79 Å². The molecular formula is C25H33N3O5S3. The standard InChI is InChI=1S/C25H33N3O5S3/c29-25(26-16-19-34-21-10-4-1-5-11-21)24-20-27(35(30,31)22-12-6-2-7-13-22)17-18-28(24)36(32,33)23-14-8-3-9-15-23/h2-3,6-9,12-15,21,24H,1,4-5,10-11,16-20H2,(H,26,29)/t24-/m0/s1. The van der Waals surface area contributed by atoms with Crippen molar-refractivity contribution in [3.05, 3.63) is 60.7 Å². The van der Waals surface area contributed by atoms with Gasteiger partial charge in [0.25, 0.3) is 0 Å². The van der Waals surface area contributed by atoms with Crippen molar-refractivity contribution in [2.75, 3.05) is 31.9 Å². The summed E-state index contributed by atoms with van der Waals surface area (Å²) in [4.78, 5) is 13.5. The van der Waals surface area contributed by atoms with Crippen LogP contribution in [0.3, 0.4) is 0 Å². The average Bonchev–Trinajstić information content (AvgIpc) is 2.92. The van der Waals surface area contributed by atoms with E-state index in [1.807, 2.05) is 11.8 Å². The molecule has 1 heterocycles. The topological polar surface area (TPSA) is 104 Å². The first-order valence-corrected chi connectivity index (χ1v) is 16.2. The number of hydrogen-bond donors (Lipinski definition) is 1. The second kappa shape index (κ2) is 12.1. The Morgan fingerprint density at radius 1 is 0.833 bits per heavy atom. The number of nitrogens with zero attached hydrogens (tertiary/aromatic N) is 2. The molecule has 1 amide bonds. The molecule has 0 unspecified atom stereocenters. The molecule has 0 aromatic heterocycles. The van der Waals surface area contributed by atoms with E-state index in [2.05, 4.69) is 5.32 Å². The molecule has 1 saturated carbocycles. The smallest absolute Gasteiger partial charge is 0.243 e. The average molecular weight is 552 g/mol. The SMILES string of the molecule is O=C(NCCSC1CCCCC1)[C@@H]1CN(S(=O)(=O)c2ccccc2)CCN1S(=O)(=O)c1ccccc1. The van der Waals surface area contributed by atoms with Gasteiger partial charge < -0.3 is 5.32 Å². The van der Waals surface area contributed by atoms with E-state index in [0.29, 0.717) is 11.8 Å². The van der Waals surface area contributed by atoms with Crippen molar-refractivity contribution in [3.63, 3.8) is 0 Å². The van der Waals surface area contributed by atoms with E-state index in [9.17, 15) is 21.6 Å². The molecule has 0 spiro atoms. The van der Waals surface area contributed by atoms with Gasteiger partial charge in [0.2, 0.25) is 26.0 Å². The van der Waals surface area contributed by atoms with Crippen LogP contribution in [0.25, 0.3) is 0 Å². The Hall–Kier alpha value is -1.92. The zero-order valence-electron chi connectivity index (χ0n) is 20.2. The van der Waals surface area contributed by atoms with E-state index in [-0.39, 0.29) is 29.4 Å². The Bertz CT molecular complexity index is 1220. The Labute approximate surface area is 218 Å². The zero-order valence-corrected chi connectivity index (χ0v) is 22.6. The Kier molecular flexibility index (Phi) is 9.10. The number of piperazine rings is 1. The predicted molar refractivity (Wildman–Crippen MR) is 142 cm³/mol. The van der Waals surface area contributed by atoms with E-state index < -0.39 is 32.0 Å². The summed E-state index contributed by atoms with van der Waals surface area (Å²) in [5, 5.41) is 3.47. The number of benzene rings is 2. The zero-order chi connectivity index (χ0) is 25.6. The maximum Gasteiger partial charge on any atom is 0.243 e. The molecule has 1 saturated heterocycles. The first kappa shape index (κ1) is 27.1. The molecule has 1 N–H and O–H groups in total. The fourth-order valence-electron chi connectivity index (χ4n) is 4.68. The largest absolute Gasteiger partial charge is 0.354 e. The highest BCUT2D eigenvalue weighted by molar-refractivity contribution is 7.99. The molecule has 196 valence electrons. The number of thioether (sulfide) groups is 1. The second-order valence-electron chi connectivity index (χ2n) is 9.04. The van der Waals surface area contributed by atoms with Crippen LogP contribution < -0.4 is 5.32 Å². The molecule has 11 heteroatoms. The van der Waals surface area contributed by atoms with Gasteiger partial charge in [-0.15, -0.1) is 0 Å². The number of nitrogens with one attached hydrogen (secondary N) is 1. The van der Waals surface area contributed by atoms with Crippen molar-refractivity contribution in [2.45, 2.75) is 53.2 Å². The lowest BCUT2D eigenvalue weighted by atomic mass is 10.0. The molecule has 0 bridgehead atoms. The number of hydrogen-bond acceptors (Lipinski definition) is 6. The van der Waals surface area contributed by atoms with Crippen molar-refractivity contribution in [1.29, 1.82) is 0 Å². The van der Waals surface area contributed by atoms with Gasteiger partial charge in [0.1, 0.15) is 6.04 Å². The Morgan fingerprint density at radius 3 is 2.03 bits per heavy atom. The predicted octanol–water partition coefficient (Wildman–Crippen LogP) is 2.93. The van der Waals surface area contributed by atoms with Crippen molar-refractivity contribution in [1.82, 2.24) is 13.9 Å². The van der Waals surface area contributed by atoms with Gasteiger partial charge in [-0.05, 0) is 37.1 Å². The van der Waals surface area contributed by atoms with Gasteiger partial charge in [-0.2, -0.15) is 20.4 Å². The highest BCUT2D eigenvalue weighted by Gasteiger charge is 2.43. The molecular weight excluding hydrogens is 518 g/mol. The summed E-state index contributed by atoms with van der Waals surface area (Å²) in [6.07, 6.45) is 6.14. The maximum atomic E-state index is 13.4. The van der Waals surface area contributed by atoms with Crippen molar-refractivity contribution >= 4 is 37.7 Å². The fourth-order valence-corrected chi connectivity index (χ4v) is 8.95. The molecule has 1 aliphatic carbocycles. The quantitative estimate of drug-likeness (QED) is 0.481. The second-order valence-corrected chi connectivity index (χ2v) is 14.3. The summed E-state index contributed by atoms with van der Waals surface area (Å²) in [6, 6.07) is 14.8. The lowest BCUT2D eigenvalue weighted by molar-refractivity contribution is -0.125. The summed E-state index contributed by atoms with van der Waals surface area (Å²) in [5.74, 6) is 0.257. The minimum absolute atomic E-state index is 0.0371. The van der Waals surface area contributed by atoms with Gasteiger partial charge in [0.05, 0.1) is 9.79 Å². The third-order valence-corrected chi connectivity index (χ3v) is 11.8. The molecule has 2 fully saturated rings. The van der Waals surface area contributed by atoms with Crippen LogP contribution >= 0.6 is 11.8 Å². The third kappa shape index (κ3) is 6.31. The molecule has 36 heavy (non-hydrogen) atoms. The molecule has 1 atom stereocenters. The molecule has 2 aliphatic rings. The Morgan fingerprint density at radius 2 is 1.42 bits per heavy atom. The number of carbonyl (C=O) groups excluding carboxylic acids is 1. The van der Waals surface area contributed by atoms with Gasteiger partial charge in [0, 0.05) is 37.2 Å². The molecule has 2 aromatic carbocycles. The lowest BCUT2D eigenvalue weighted by Crippen LogP contribution is -2.61. The highest BCUT2D eigenvalue weighted by atomic mass is 32.2. The van der Waals surface area contributed by atoms with E-state index in [1.54, 1.807) is 36.4 Å². The van der Waals surface area contributed by atoms with Crippen LogP contribution in [0.1, 0.15) is 32.1 Å². The first-order chi connectivity index (χ1) is 17.3. The minimum Gasteiger partial charge on any atom is -0.354 e. The van der Waals surface area contributed by atoms with E-state index >= 15 is 0 Å². The summed E-state index contributed by atoms with van der Waals surface area (Å²) >= 11 is 1.84. The molecule has 8 nitrogen and oxygen atoms in total. The summed E-state index contributed by atoms with van der Waals surface area (Å²) < 4.78 is 55.7. The maximum absolute atomic E-state index is 13.4. The van der Waals surface area contributed by atoms with E-state index in [4.69, 9.17) is 0 Å². The molecule has 0 radical (unpaired) electrons. The highest BCUT2D eigenvalue weighted by Crippen LogP contribution is 2.28. The number of sulfonamides is 2. The van der Waals surface area contributed by atoms with Crippen LogP contribution in [0.15, 0.2) is 70.5 Å². The van der Waals surface area contributed by atoms with Gasteiger partial charge >= 0.3 is 0 Å². The van der Waals surface area contributed by atoms with Gasteiger partial charge in [-0.1, -0.05) is 55.7 Å². The van der Waals surface area contributed by atoms with Crippen LogP contribution in [0.2, 0.25) is 0 Å². The van der Waals surface area contributed by atoms with Crippen LogP contribution in [0.5, 0.6) is 0 Å². The van der Waals surface area contributed by atoms with E-state index in [1.165, 1.54) is 60.7 Å². The van der Waals surface area contributed by atoms with Crippen LogP contribution in [-0.4, -0.2) is 74.6 Å². The minimum atomic E-state index is -3.99. The van der Waals surface area contributed by atoms with Crippen LogP contribution in [0.4, 0.5) is 0 Å². The Balaban J connectivity index is 1.50. The molecule has 4 rings (SSSR count). The lowest BCUT2D eigenvalue weighted by Gasteiger charge is -2.39. The first-order valence-electron chi connectivity index (χ1n) is 12.3. The number of carbonyl (C=O) groups is 1. The van der Waals surface area contributed by atoms with Crippen LogP contribution in [0, 0.1) is 0 Å². The summed E-state index contributed by atoms with van der Waals surface area (Å²) in [7, 11) is -7.87. The number of amides is 1. The van der Waals surface area contributed by atoms with Crippen molar-refractivity contribution < 1.29 is 21.6 Å². The summed E-state index contributed by atoms with van der Waals surface area (Å²) in [6.45, 7) is 0.00879. The fraction of sp³-hybridized carbons (Fsp3) is 0.480. The molecule has 2 aromatic rings. The molecule has 1 aliphatic heterocycles. The monoisotopic (exact) mass is 551 g/mol. The van der Waals surface area contributed by atoms with Gasteiger partial charge in [0.15, 0.2) is 0 Å². The van der Waals surface area contributed by atoms with E-state index in [0.717, 1.165) is 10.1 Å². The normalized spacial score (nSPS) is 20.7. The summed E-state index contributed by atoms with van der Waals surface area (Å²) in [5.41, 5.74) is 0. The van der Waals surface area contributed by atoms with Crippen molar-refractivity contribution in [2.24, 2.45) is 0 Å². The van der Waals surface area contributed by atoms with Crippen LogP contribution in [-0.2, 0) is 24.8 Å². The van der Waals surface area contributed by atoms with Crippen molar-refractivity contribution in [3.8, 4) is 0 Å².